The van der Waals surface area contributed by atoms with E-state index in [0.717, 1.165) is 12.8 Å². The third kappa shape index (κ3) is 3.14. The molecule has 0 aliphatic carbocycles. The molecule has 0 spiro atoms. The molecule has 0 saturated heterocycles. The van der Waals surface area contributed by atoms with E-state index in [0.29, 0.717) is 11.5 Å². The first-order valence-corrected chi connectivity index (χ1v) is 5.15. The Kier molecular flexibility index (Phi) is 4.85. The molecular formula is C11H22N2O. The van der Waals surface area contributed by atoms with Gasteiger partial charge in [0.05, 0.1) is 0 Å². The van der Waals surface area contributed by atoms with Gasteiger partial charge in [0.15, 0.2) is 0 Å². The van der Waals surface area contributed by atoms with Crippen LogP contribution in [-0.2, 0) is 4.79 Å². The zero-order chi connectivity index (χ0) is 11.4. The van der Waals surface area contributed by atoms with E-state index in [4.69, 9.17) is 11.5 Å². The molecule has 14 heavy (non-hydrogen) atoms. The fourth-order valence-electron chi connectivity index (χ4n) is 1.45. The number of primary amides is 1. The summed E-state index contributed by atoms with van der Waals surface area (Å²) in [7, 11) is 0. The van der Waals surface area contributed by atoms with Crippen LogP contribution >= 0.6 is 0 Å². The van der Waals surface area contributed by atoms with Gasteiger partial charge in [0.2, 0.25) is 5.91 Å². The summed E-state index contributed by atoms with van der Waals surface area (Å²) in [5.74, 6) is -0.0432. The van der Waals surface area contributed by atoms with Gasteiger partial charge >= 0.3 is 0 Å². The molecule has 4 N–H and O–H groups in total. The molecule has 0 radical (unpaired) electrons. The predicted molar refractivity (Wildman–Crippen MR) is 59.6 cm³/mol. The van der Waals surface area contributed by atoms with Crippen molar-refractivity contribution in [3.05, 3.63) is 11.6 Å². The maximum atomic E-state index is 10.9. The van der Waals surface area contributed by atoms with E-state index in [9.17, 15) is 4.79 Å². The summed E-state index contributed by atoms with van der Waals surface area (Å²) in [6, 6.07) is 0. The summed E-state index contributed by atoms with van der Waals surface area (Å²) in [5.41, 5.74) is 11.5. The van der Waals surface area contributed by atoms with Crippen molar-refractivity contribution in [1.82, 2.24) is 0 Å². The number of hydrogen-bond acceptors (Lipinski definition) is 2. The molecule has 1 amide bonds. The summed E-state index contributed by atoms with van der Waals surface area (Å²) >= 11 is 0. The van der Waals surface area contributed by atoms with Gasteiger partial charge in [0.25, 0.3) is 0 Å². The predicted octanol–water partition coefficient (Wildman–Crippen LogP) is 1.57. The van der Waals surface area contributed by atoms with Crippen LogP contribution in [0.5, 0.6) is 0 Å². The monoisotopic (exact) mass is 198 g/mol. The first-order valence-electron chi connectivity index (χ1n) is 5.15. The normalized spacial score (nSPS) is 18.8. The Morgan fingerprint density at radius 3 is 2.29 bits per heavy atom. The summed E-state index contributed by atoms with van der Waals surface area (Å²) in [4.78, 5) is 10.9. The highest BCUT2D eigenvalue weighted by molar-refractivity contribution is 5.91. The molecule has 3 heteroatoms. The summed E-state index contributed by atoms with van der Waals surface area (Å²) in [5, 5.41) is 0. The highest BCUT2D eigenvalue weighted by Gasteiger charge is 2.26. The van der Waals surface area contributed by atoms with Gasteiger partial charge in [-0.1, -0.05) is 33.3 Å². The van der Waals surface area contributed by atoms with Crippen molar-refractivity contribution >= 4 is 5.91 Å². The van der Waals surface area contributed by atoms with Crippen LogP contribution in [0.3, 0.4) is 0 Å². The molecule has 2 atom stereocenters. The fourth-order valence-corrected chi connectivity index (χ4v) is 1.45. The van der Waals surface area contributed by atoms with E-state index in [1.165, 1.54) is 0 Å². The fraction of sp³-hybridized carbons (Fsp3) is 0.727. The minimum atomic E-state index is -0.409. The molecule has 0 bridgehead atoms. The molecular weight excluding hydrogens is 176 g/mol. The molecule has 0 aliphatic heterocycles. The largest absolute Gasteiger partial charge is 0.366 e. The van der Waals surface area contributed by atoms with Gasteiger partial charge in [-0.2, -0.15) is 0 Å². The standard InChI is InChI=1S/C11H22N2O/c1-5-9(4)11(13,6-2)7-8(3)10(12)14/h7,9H,5-6,13H2,1-4H3,(H2,12,14). The first-order chi connectivity index (χ1) is 6.37. The quantitative estimate of drug-likeness (QED) is 0.658. The molecule has 82 valence electrons. The molecule has 0 aliphatic rings. The van der Waals surface area contributed by atoms with E-state index >= 15 is 0 Å². The summed E-state index contributed by atoms with van der Waals surface area (Å²) < 4.78 is 0. The summed E-state index contributed by atoms with van der Waals surface area (Å²) in [6.07, 6.45) is 3.61. The zero-order valence-corrected chi connectivity index (χ0v) is 9.63. The Labute approximate surface area is 86.5 Å². The number of carbonyl (C=O) groups is 1. The van der Waals surface area contributed by atoms with Crippen molar-refractivity contribution in [1.29, 1.82) is 0 Å². The SMILES string of the molecule is CCC(C)C(N)(C=C(C)C(N)=O)CC. The van der Waals surface area contributed by atoms with Crippen molar-refractivity contribution in [3.8, 4) is 0 Å². The average Bonchev–Trinajstić information content (AvgIpc) is 2.15. The smallest absolute Gasteiger partial charge is 0.244 e. The lowest BCUT2D eigenvalue weighted by Gasteiger charge is -2.31. The van der Waals surface area contributed by atoms with Crippen LogP contribution in [0.25, 0.3) is 0 Å². The lowest BCUT2D eigenvalue weighted by atomic mass is 9.80. The Hall–Kier alpha value is -0.830. The first kappa shape index (κ1) is 13.2. The second kappa shape index (κ2) is 5.15. The van der Waals surface area contributed by atoms with Gasteiger partial charge in [-0.15, -0.1) is 0 Å². The zero-order valence-electron chi connectivity index (χ0n) is 9.63. The maximum absolute atomic E-state index is 10.9. The molecule has 0 fully saturated rings. The Balaban J connectivity index is 4.87. The van der Waals surface area contributed by atoms with Crippen molar-refractivity contribution < 1.29 is 4.79 Å². The number of nitrogens with two attached hydrogens (primary N) is 2. The van der Waals surface area contributed by atoms with Crippen molar-refractivity contribution in [2.75, 3.05) is 0 Å². The van der Waals surface area contributed by atoms with E-state index in [1.807, 2.05) is 13.0 Å². The molecule has 3 nitrogen and oxygen atoms in total. The molecule has 0 heterocycles. The van der Waals surface area contributed by atoms with Crippen LogP contribution in [0.4, 0.5) is 0 Å². The number of hydrogen-bond donors (Lipinski definition) is 2. The Morgan fingerprint density at radius 1 is 1.50 bits per heavy atom. The lowest BCUT2D eigenvalue weighted by molar-refractivity contribution is -0.114. The van der Waals surface area contributed by atoms with Crippen LogP contribution in [-0.4, -0.2) is 11.4 Å². The molecule has 0 aromatic carbocycles. The molecule has 0 rings (SSSR count). The average molecular weight is 198 g/mol. The van der Waals surface area contributed by atoms with E-state index in [1.54, 1.807) is 6.92 Å². The molecule has 0 aromatic heterocycles. The Morgan fingerprint density at radius 2 is 2.00 bits per heavy atom. The highest BCUT2D eigenvalue weighted by Crippen LogP contribution is 2.24. The topological polar surface area (TPSA) is 69.1 Å². The van der Waals surface area contributed by atoms with Gasteiger partial charge in [0.1, 0.15) is 0 Å². The van der Waals surface area contributed by atoms with Crippen LogP contribution in [0.15, 0.2) is 11.6 Å². The van der Waals surface area contributed by atoms with Crippen molar-refractivity contribution in [3.63, 3.8) is 0 Å². The van der Waals surface area contributed by atoms with Crippen molar-refractivity contribution in [2.45, 2.75) is 46.1 Å². The van der Waals surface area contributed by atoms with Gasteiger partial charge in [0, 0.05) is 11.1 Å². The summed E-state index contributed by atoms with van der Waals surface area (Å²) in [6.45, 7) is 7.92. The maximum Gasteiger partial charge on any atom is 0.244 e. The van der Waals surface area contributed by atoms with Gasteiger partial charge in [-0.05, 0) is 19.3 Å². The Bertz CT molecular complexity index is 235. The van der Waals surface area contributed by atoms with E-state index in [2.05, 4.69) is 13.8 Å². The third-order valence-electron chi connectivity index (χ3n) is 3.02. The van der Waals surface area contributed by atoms with Crippen LogP contribution < -0.4 is 11.5 Å². The third-order valence-corrected chi connectivity index (χ3v) is 3.02. The van der Waals surface area contributed by atoms with E-state index < -0.39 is 11.4 Å². The van der Waals surface area contributed by atoms with Gasteiger partial charge < -0.3 is 11.5 Å². The van der Waals surface area contributed by atoms with Crippen molar-refractivity contribution in [2.24, 2.45) is 17.4 Å². The van der Waals surface area contributed by atoms with E-state index in [-0.39, 0.29) is 0 Å². The minimum Gasteiger partial charge on any atom is -0.366 e. The van der Waals surface area contributed by atoms with Crippen LogP contribution in [0.2, 0.25) is 0 Å². The number of rotatable bonds is 5. The van der Waals surface area contributed by atoms with Gasteiger partial charge in [-0.3, -0.25) is 4.79 Å². The number of amides is 1. The van der Waals surface area contributed by atoms with Crippen LogP contribution in [0, 0.1) is 5.92 Å². The van der Waals surface area contributed by atoms with Gasteiger partial charge in [-0.25, -0.2) is 0 Å². The highest BCUT2D eigenvalue weighted by atomic mass is 16.1. The molecule has 0 aromatic rings. The number of carbonyl (C=O) groups excluding carboxylic acids is 1. The van der Waals surface area contributed by atoms with Crippen LogP contribution in [0.1, 0.15) is 40.5 Å². The molecule has 2 unspecified atom stereocenters. The lowest BCUT2D eigenvalue weighted by Crippen LogP contribution is -2.44. The second-order valence-electron chi connectivity index (χ2n) is 3.97. The minimum absolute atomic E-state index is 0.349. The second-order valence-corrected chi connectivity index (χ2v) is 3.97. The molecule has 0 saturated carbocycles.